The molecule has 0 fully saturated rings. The lowest BCUT2D eigenvalue weighted by Gasteiger charge is -2.17. The Bertz CT molecular complexity index is 709. The van der Waals surface area contributed by atoms with Crippen molar-refractivity contribution in [2.75, 3.05) is 7.11 Å². The van der Waals surface area contributed by atoms with Crippen LogP contribution in [0.25, 0.3) is 9.40 Å². The predicted octanol–water partition coefficient (Wildman–Crippen LogP) is 3.66. The number of ether oxygens (including phenoxy) is 1. The second-order valence-corrected chi connectivity index (χ2v) is 6.35. The van der Waals surface area contributed by atoms with Crippen LogP contribution in [0.15, 0.2) is 35.7 Å². The highest BCUT2D eigenvalue weighted by molar-refractivity contribution is 7.27. The number of hydrogen-bond donors (Lipinski definition) is 2. The number of methoxy groups -OCH3 is 1. The number of rotatable bonds is 4. The first kappa shape index (κ1) is 13.5. The molecule has 1 unspecified atom stereocenters. The summed E-state index contributed by atoms with van der Waals surface area (Å²) in [5.74, 6) is 5.99. The maximum Gasteiger partial charge on any atom is 0.124 e. The first-order valence-electron chi connectivity index (χ1n) is 5.99. The van der Waals surface area contributed by atoms with Crippen molar-refractivity contribution in [3.05, 3.63) is 52.0 Å². The summed E-state index contributed by atoms with van der Waals surface area (Å²) < 4.78 is 21.2. The van der Waals surface area contributed by atoms with Crippen molar-refractivity contribution in [1.82, 2.24) is 5.43 Å². The molecule has 3 nitrogen and oxygen atoms in total. The molecular formula is C14H13FN2OS2. The first-order chi connectivity index (χ1) is 9.72. The third kappa shape index (κ3) is 2.31. The zero-order valence-corrected chi connectivity index (χ0v) is 12.4. The lowest BCUT2D eigenvalue weighted by molar-refractivity contribution is 0.403. The third-order valence-corrected chi connectivity index (χ3v) is 5.27. The molecule has 6 heteroatoms. The van der Waals surface area contributed by atoms with Gasteiger partial charge >= 0.3 is 0 Å². The molecule has 2 aromatic heterocycles. The van der Waals surface area contributed by atoms with Crippen molar-refractivity contribution in [3.63, 3.8) is 0 Å². The summed E-state index contributed by atoms with van der Waals surface area (Å²) in [7, 11) is 1.57. The van der Waals surface area contributed by atoms with Gasteiger partial charge in [0.05, 0.1) is 13.2 Å². The topological polar surface area (TPSA) is 47.3 Å². The van der Waals surface area contributed by atoms with Crippen LogP contribution in [0.2, 0.25) is 0 Å². The highest BCUT2D eigenvalue weighted by Crippen LogP contribution is 2.38. The normalized spacial score (nSPS) is 12.8. The molecule has 0 radical (unpaired) electrons. The molecule has 0 bridgehead atoms. The largest absolute Gasteiger partial charge is 0.496 e. The average Bonchev–Trinajstić information content (AvgIpc) is 3.01. The van der Waals surface area contributed by atoms with Crippen LogP contribution in [0.4, 0.5) is 4.39 Å². The lowest BCUT2D eigenvalue weighted by atomic mass is 10.0. The second-order valence-electron chi connectivity index (χ2n) is 4.28. The molecule has 0 saturated carbocycles. The van der Waals surface area contributed by atoms with Crippen LogP contribution in [0.1, 0.15) is 16.5 Å². The van der Waals surface area contributed by atoms with E-state index in [0.717, 1.165) is 4.88 Å². The number of nitrogens with two attached hydrogens (primary N) is 1. The van der Waals surface area contributed by atoms with E-state index >= 15 is 0 Å². The Morgan fingerprint density at radius 2 is 2.10 bits per heavy atom. The van der Waals surface area contributed by atoms with Crippen molar-refractivity contribution in [2.24, 2.45) is 5.84 Å². The molecule has 1 atom stereocenters. The molecule has 0 saturated heterocycles. The zero-order valence-electron chi connectivity index (χ0n) is 10.7. The fourth-order valence-electron chi connectivity index (χ4n) is 2.18. The van der Waals surface area contributed by atoms with E-state index in [1.54, 1.807) is 35.8 Å². The second kappa shape index (κ2) is 5.49. The summed E-state index contributed by atoms with van der Waals surface area (Å²) in [4.78, 5) is 1.04. The van der Waals surface area contributed by atoms with Gasteiger partial charge in [0.15, 0.2) is 0 Å². The maximum absolute atomic E-state index is 13.5. The van der Waals surface area contributed by atoms with Crippen LogP contribution in [0, 0.1) is 5.82 Å². The van der Waals surface area contributed by atoms with Gasteiger partial charge in [-0.1, -0.05) is 0 Å². The van der Waals surface area contributed by atoms with Gasteiger partial charge in [-0.3, -0.25) is 5.84 Å². The van der Waals surface area contributed by atoms with E-state index in [1.807, 2.05) is 0 Å². The van der Waals surface area contributed by atoms with E-state index in [9.17, 15) is 4.39 Å². The number of nitrogens with one attached hydrogen (secondary N) is 1. The summed E-state index contributed by atoms with van der Waals surface area (Å²) >= 11 is 3.33. The van der Waals surface area contributed by atoms with E-state index in [-0.39, 0.29) is 11.9 Å². The Morgan fingerprint density at radius 1 is 1.25 bits per heavy atom. The number of fused-ring (bicyclic) bond motifs is 1. The van der Waals surface area contributed by atoms with Crippen LogP contribution in [-0.2, 0) is 0 Å². The Labute approximate surface area is 123 Å². The minimum absolute atomic E-state index is 0.287. The van der Waals surface area contributed by atoms with Gasteiger partial charge in [0, 0.05) is 19.8 Å². The van der Waals surface area contributed by atoms with E-state index in [4.69, 9.17) is 10.6 Å². The van der Waals surface area contributed by atoms with E-state index in [1.165, 1.54) is 21.5 Å². The molecule has 3 N–H and O–H groups in total. The molecule has 1 aromatic carbocycles. The number of hydrazine groups is 1. The lowest BCUT2D eigenvalue weighted by Crippen LogP contribution is -2.28. The SMILES string of the molecule is COc1ccc(F)cc1C(NN)c1cc2sccc2s1. The summed E-state index contributed by atoms with van der Waals surface area (Å²) in [6.45, 7) is 0. The van der Waals surface area contributed by atoms with Crippen LogP contribution >= 0.6 is 22.7 Å². The molecule has 3 aromatic rings. The summed E-state index contributed by atoms with van der Waals surface area (Å²) in [5.41, 5.74) is 3.45. The van der Waals surface area contributed by atoms with Crippen molar-refractivity contribution in [2.45, 2.75) is 6.04 Å². The molecule has 104 valence electrons. The van der Waals surface area contributed by atoms with Gasteiger partial charge in [0.25, 0.3) is 0 Å². The number of halogens is 1. The van der Waals surface area contributed by atoms with Crippen LogP contribution in [0.3, 0.4) is 0 Å². The maximum atomic E-state index is 13.5. The van der Waals surface area contributed by atoms with Crippen molar-refractivity contribution in [3.8, 4) is 5.75 Å². The van der Waals surface area contributed by atoms with Crippen LogP contribution < -0.4 is 16.0 Å². The van der Waals surface area contributed by atoms with Gasteiger partial charge in [-0.15, -0.1) is 22.7 Å². The monoisotopic (exact) mass is 308 g/mol. The minimum atomic E-state index is -0.306. The smallest absolute Gasteiger partial charge is 0.124 e. The molecule has 2 heterocycles. The molecule has 0 aliphatic heterocycles. The highest BCUT2D eigenvalue weighted by atomic mass is 32.1. The van der Waals surface area contributed by atoms with E-state index in [0.29, 0.717) is 11.3 Å². The summed E-state index contributed by atoms with van der Waals surface area (Å²) in [6, 6.07) is 8.32. The van der Waals surface area contributed by atoms with Crippen molar-refractivity contribution >= 4 is 32.1 Å². The van der Waals surface area contributed by atoms with Crippen molar-refractivity contribution < 1.29 is 9.13 Å². The zero-order chi connectivity index (χ0) is 14.1. The quantitative estimate of drug-likeness (QED) is 0.571. The van der Waals surface area contributed by atoms with Crippen LogP contribution in [0.5, 0.6) is 5.75 Å². The highest BCUT2D eigenvalue weighted by Gasteiger charge is 2.20. The van der Waals surface area contributed by atoms with Gasteiger partial charge in [0.1, 0.15) is 11.6 Å². The fraction of sp³-hybridized carbons (Fsp3) is 0.143. The van der Waals surface area contributed by atoms with Crippen LogP contribution in [-0.4, -0.2) is 7.11 Å². The number of benzene rings is 1. The standard InChI is InChI=1S/C14H13FN2OS2/c1-18-10-3-2-8(15)6-9(10)14(17-16)13-7-12-11(20-13)4-5-19-12/h2-7,14,17H,16H2,1H3. The van der Waals surface area contributed by atoms with Gasteiger partial charge in [0.2, 0.25) is 0 Å². The summed E-state index contributed by atoms with van der Waals surface area (Å²) in [6.07, 6.45) is 0. The summed E-state index contributed by atoms with van der Waals surface area (Å²) in [5, 5.41) is 2.05. The predicted molar refractivity (Wildman–Crippen MR) is 81.8 cm³/mol. The molecule has 0 aliphatic rings. The van der Waals surface area contributed by atoms with Gasteiger partial charge in [-0.25, -0.2) is 9.82 Å². The molecule has 20 heavy (non-hydrogen) atoms. The Hall–Kier alpha value is -1.47. The van der Waals surface area contributed by atoms with E-state index < -0.39 is 0 Å². The molecule has 0 spiro atoms. The fourth-order valence-corrected chi connectivity index (χ4v) is 4.38. The van der Waals surface area contributed by atoms with Gasteiger partial charge in [-0.05, 0) is 35.7 Å². The minimum Gasteiger partial charge on any atom is -0.496 e. The van der Waals surface area contributed by atoms with E-state index in [2.05, 4.69) is 22.9 Å². The Balaban J connectivity index is 2.09. The average molecular weight is 308 g/mol. The van der Waals surface area contributed by atoms with Gasteiger partial charge < -0.3 is 4.74 Å². The Kier molecular flexibility index (Phi) is 3.71. The number of hydrogen-bond acceptors (Lipinski definition) is 5. The Morgan fingerprint density at radius 3 is 2.80 bits per heavy atom. The molecule has 3 rings (SSSR count). The van der Waals surface area contributed by atoms with Gasteiger partial charge in [-0.2, -0.15) is 0 Å². The molecular weight excluding hydrogens is 295 g/mol. The molecule has 0 aliphatic carbocycles. The third-order valence-electron chi connectivity index (χ3n) is 3.11. The number of thiophene rings is 2. The first-order valence-corrected chi connectivity index (χ1v) is 7.69. The molecule has 0 amide bonds. The van der Waals surface area contributed by atoms with Crippen molar-refractivity contribution in [1.29, 1.82) is 0 Å².